The first-order valence-corrected chi connectivity index (χ1v) is 6.20. The summed E-state index contributed by atoms with van der Waals surface area (Å²) in [7, 11) is 1.98. The molecule has 16 heavy (non-hydrogen) atoms. The van der Waals surface area contributed by atoms with Crippen molar-refractivity contribution in [2.45, 2.75) is 18.8 Å². The van der Waals surface area contributed by atoms with Gasteiger partial charge < -0.3 is 0 Å². The Bertz CT molecular complexity index is 512. The molecule has 0 aliphatic heterocycles. The maximum Gasteiger partial charge on any atom is 0.181 e. The lowest BCUT2D eigenvalue weighted by atomic mass is 10.2. The van der Waals surface area contributed by atoms with Gasteiger partial charge in [-0.2, -0.15) is 5.10 Å². The summed E-state index contributed by atoms with van der Waals surface area (Å²) >= 11 is 3.42. The molecule has 2 aromatic rings. The Balaban J connectivity index is 1.99. The van der Waals surface area contributed by atoms with Gasteiger partial charge >= 0.3 is 0 Å². The van der Waals surface area contributed by atoms with Crippen LogP contribution in [0.2, 0.25) is 0 Å². The van der Waals surface area contributed by atoms with Crippen LogP contribution in [0.15, 0.2) is 28.7 Å². The molecule has 0 bridgehead atoms. The van der Waals surface area contributed by atoms with Crippen molar-refractivity contribution in [1.29, 1.82) is 0 Å². The first-order valence-electron chi connectivity index (χ1n) is 5.41. The highest BCUT2D eigenvalue weighted by atomic mass is 79.9. The van der Waals surface area contributed by atoms with E-state index in [-0.39, 0.29) is 0 Å². The van der Waals surface area contributed by atoms with Gasteiger partial charge in [-0.15, -0.1) is 0 Å². The number of halogens is 1. The van der Waals surface area contributed by atoms with E-state index in [0.717, 1.165) is 21.7 Å². The molecule has 82 valence electrons. The van der Waals surface area contributed by atoms with Crippen molar-refractivity contribution in [2.75, 3.05) is 0 Å². The average Bonchev–Trinajstić information content (AvgIpc) is 3.04. The zero-order chi connectivity index (χ0) is 11.1. The van der Waals surface area contributed by atoms with Crippen LogP contribution < -0.4 is 0 Å². The van der Waals surface area contributed by atoms with Crippen molar-refractivity contribution in [1.82, 2.24) is 14.8 Å². The molecule has 3 rings (SSSR count). The standard InChI is InChI=1S/C12H12BrN3/c1-16-12(9-2-3-9)14-11(15-16)8-4-6-10(13)7-5-8/h4-7,9H,2-3H2,1H3. The molecule has 0 N–H and O–H groups in total. The van der Waals surface area contributed by atoms with E-state index >= 15 is 0 Å². The van der Waals surface area contributed by atoms with Crippen LogP contribution in [-0.2, 0) is 7.05 Å². The molecule has 1 fully saturated rings. The minimum atomic E-state index is 0.640. The van der Waals surface area contributed by atoms with E-state index in [1.165, 1.54) is 12.8 Å². The summed E-state index contributed by atoms with van der Waals surface area (Å²) in [5.41, 5.74) is 1.07. The number of rotatable bonds is 2. The van der Waals surface area contributed by atoms with Gasteiger partial charge in [-0.1, -0.05) is 28.1 Å². The largest absolute Gasteiger partial charge is 0.252 e. The molecule has 1 heterocycles. The van der Waals surface area contributed by atoms with E-state index in [2.05, 4.69) is 26.0 Å². The molecule has 0 atom stereocenters. The molecule has 0 amide bonds. The highest BCUT2D eigenvalue weighted by molar-refractivity contribution is 9.10. The summed E-state index contributed by atoms with van der Waals surface area (Å²) in [4.78, 5) is 4.61. The maximum atomic E-state index is 4.61. The van der Waals surface area contributed by atoms with E-state index in [0.29, 0.717) is 5.92 Å². The SMILES string of the molecule is Cn1nc(-c2ccc(Br)cc2)nc1C1CC1. The second-order valence-corrected chi connectivity index (χ2v) is 5.11. The number of nitrogens with zero attached hydrogens (tertiary/aromatic N) is 3. The molecule has 1 aromatic carbocycles. The Morgan fingerprint density at radius 3 is 2.56 bits per heavy atom. The van der Waals surface area contributed by atoms with Crippen LogP contribution in [0.1, 0.15) is 24.6 Å². The molecule has 1 aliphatic rings. The maximum absolute atomic E-state index is 4.61. The highest BCUT2D eigenvalue weighted by Crippen LogP contribution is 2.39. The summed E-state index contributed by atoms with van der Waals surface area (Å²) in [5.74, 6) is 2.59. The van der Waals surface area contributed by atoms with Gasteiger partial charge in [0.2, 0.25) is 0 Å². The van der Waals surface area contributed by atoms with E-state index in [1.807, 2.05) is 36.0 Å². The fraction of sp³-hybridized carbons (Fsp3) is 0.333. The predicted molar refractivity (Wildman–Crippen MR) is 66.1 cm³/mol. The van der Waals surface area contributed by atoms with Gasteiger partial charge in [-0.05, 0) is 25.0 Å². The summed E-state index contributed by atoms with van der Waals surface area (Å²) in [6.45, 7) is 0. The molecule has 0 unspecified atom stereocenters. The van der Waals surface area contributed by atoms with Crippen LogP contribution >= 0.6 is 15.9 Å². The van der Waals surface area contributed by atoms with Gasteiger partial charge in [-0.3, -0.25) is 4.68 Å². The molecule has 4 heteroatoms. The monoisotopic (exact) mass is 277 g/mol. The lowest BCUT2D eigenvalue weighted by Crippen LogP contribution is -1.96. The normalized spacial score (nSPS) is 15.4. The van der Waals surface area contributed by atoms with Gasteiger partial charge in [0.05, 0.1) is 0 Å². The molecule has 1 saturated carbocycles. The number of hydrogen-bond acceptors (Lipinski definition) is 2. The summed E-state index contributed by atoms with van der Waals surface area (Å²) in [6.07, 6.45) is 2.51. The molecule has 0 spiro atoms. The number of aromatic nitrogens is 3. The Hall–Kier alpha value is -1.16. The van der Waals surface area contributed by atoms with Crippen molar-refractivity contribution in [2.24, 2.45) is 7.05 Å². The van der Waals surface area contributed by atoms with Crippen LogP contribution in [0.5, 0.6) is 0 Å². The Labute approximate surface area is 103 Å². The van der Waals surface area contributed by atoms with E-state index in [1.54, 1.807) is 0 Å². The first kappa shape index (κ1) is 10.0. The summed E-state index contributed by atoms with van der Waals surface area (Å²) < 4.78 is 2.99. The third kappa shape index (κ3) is 1.78. The van der Waals surface area contributed by atoms with Crippen LogP contribution in [0.3, 0.4) is 0 Å². The fourth-order valence-electron chi connectivity index (χ4n) is 1.81. The van der Waals surface area contributed by atoms with Gasteiger partial charge in [-0.25, -0.2) is 4.98 Å². The third-order valence-electron chi connectivity index (χ3n) is 2.84. The Kier molecular flexibility index (Phi) is 2.32. The third-order valence-corrected chi connectivity index (χ3v) is 3.37. The zero-order valence-corrected chi connectivity index (χ0v) is 10.6. The predicted octanol–water partition coefficient (Wildman–Crippen LogP) is 3.12. The van der Waals surface area contributed by atoms with E-state index < -0.39 is 0 Å². The summed E-state index contributed by atoms with van der Waals surface area (Å²) in [6, 6.07) is 8.11. The van der Waals surface area contributed by atoms with E-state index in [9.17, 15) is 0 Å². The van der Waals surface area contributed by atoms with E-state index in [4.69, 9.17) is 0 Å². The molecular weight excluding hydrogens is 266 g/mol. The molecule has 0 saturated heterocycles. The van der Waals surface area contributed by atoms with Crippen LogP contribution in [0.25, 0.3) is 11.4 Å². The lowest BCUT2D eigenvalue weighted by molar-refractivity contribution is 0.705. The van der Waals surface area contributed by atoms with Crippen LogP contribution in [0, 0.1) is 0 Å². The summed E-state index contributed by atoms with van der Waals surface area (Å²) in [5, 5.41) is 4.46. The van der Waals surface area contributed by atoms with Crippen LogP contribution in [0.4, 0.5) is 0 Å². The smallest absolute Gasteiger partial charge is 0.181 e. The van der Waals surface area contributed by atoms with Crippen molar-refractivity contribution < 1.29 is 0 Å². The minimum Gasteiger partial charge on any atom is -0.252 e. The van der Waals surface area contributed by atoms with Gasteiger partial charge in [0.15, 0.2) is 5.82 Å². The lowest BCUT2D eigenvalue weighted by Gasteiger charge is -1.94. The zero-order valence-electron chi connectivity index (χ0n) is 9.02. The quantitative estimate of drug-likeness (QED) is 0.845. The molecule has 3 nitrogen and oxygen atoms in total. The number of aryl methyl sites for hydroxylation is 1. The molecule has 0 radical (unpaired) electrons. The number of benzene rings is 1. The van der Waals surface area contributed by atoms with Gasteiger partial charge in [0.1, 0.15) is 5.82 Å². The Morgan fingerprint density at radius 1 is 1.25 bits per heavy atom. The van der Waals surface area contributed by atoms with Crippen molar-refractivity contribution in [3.05, 3.63) is 34.6 Å². The topological polar surface area (TPSA) is 30.7 Å². The second kappa shape index (κ2) is 3.70. The first-order chi connectivity index (χ1) is 7.74. The van der Waals surface area contributed by atoms with Crippen LogP contribution in [-0.4, -0.2) is 14.8 Å². The van der Waals surface area contributed by atoms with Gasteiger partial charge in [0.25, 0.3) is 0 Å². The van der Waals surface area contributed by atoms with Crippen molar-refractivity contribution >= 4 is 15.9 Å². The van der Waals surface area contributed by atoms with Crippen molar-refractivity contribution in [3.8, 4) is 11.4 Å². The fourth-order valence-corrected chi connectivity index (χ4v) is 2.08. The molecule has 1 aromatic heterocycles. The molecular formula is C12H12BrN3. The van der Waals surface area contributed by atoms with Gasteiger partial charge in [0, 0.05) is 23.0 Å². The second-order valence-electron chi connectivity index (χ2n) is 4.20. The number of hydrogen-bond donors (Lipinski definition) is 0. The van der Waals surface area contributed by atoms with Crippen molar-refractivity contribution in [3.63, 3.8) is 0 Å². The minimum absolute atomic E-state index is 0.640. The highest BCUT2D eigenvalue weighted by Gasteiger charge is 2.28. The molecule has 1 aliphatic carbocycles. The Morgan fingerprint density at radius 2 is 1.94 bits per heavy atom. The average molecular weight is 278 g/mol.